The fourth-order valence-corrected chi connectivity index (χ4v) is 2.47. The summed E-state index contributed by atoms with van der Waals surface area (Å²) in [7, 11) is -7.14. The molecule has 1 aliphatic rings. The fraction of sp³-hybridized carbons (Fsp3) is 1.00. The van der Waals surface area contributed by atoms with Crippen LogP contribution in [0.15, 0.2) is 0 Å². The van der Waals surface area contributed by atoms with Crippen LogP contribution in [0.5, 0.6) is 0 Å². The molecular formula is C10H11F8O4S-. The third-order valence-corrected chi connectivity index (χ3v) is 4.28. The van der Waals surface area contributed by atoms with Crippen LogP contribution in [0.3, 0.4) is 0 Å². The van der Waals surface area contributed by atoms with E-state index in [-0.39, 0.29) is 12.8 Å². The summed E-state index contributed by atoms with van der Waals surface area (Å²) in [6.45, 7) is 0. The predicted molar refractivity (Wildman–Crippen MR) is 57.1 cm³/mol. The molecule has 0 unspecified atom stereocenters. The van der Waals surface area contributed by atoms with E-state index in [2.05, 4.69) is 4.74 Å². The molecule has 0 radical (unpaired) electrons. The molecule has 1 fully saturated rings. The lowest BCUT2D eigenvalue weighted by Gasteiger charge is -2.37. The van der Waals surface area contributed by atoms with E-state index in [1.807, 2.05) is 0 Å². The van der Waals surface area contributed by atoms with Gasteiger partial charge in [0.15, 0.2) is 10.1 Å². The molecule has 13 heteroatoms. The van der Waals surface area contributed by atoms with Gasteiger partial charge >= 0.3 is 23.4 Å². The lowest BCUT2D eigenvalue weighted by atomic mass is 9.84. The summed E-state index contributed by atoms with van der Waals surface area (Å²) in [6.07, 6.45) is -13.1. The Morgan fingerprint density at radius 3 is 1.65 bits per heavy atom. The zero-order valence-corrected chi connectivity index (χ0v) is 12.0. The fourth-order valence-electron chi connectivity index (χ4n) is 2.14. The van der Waals surface area contributed by atoms with Gasteiger partial charge in [-0.25, -0.2) is 13.2 Å². The molecule has 0 amide bonds. The minimum Gasteiger partial charge on any atom is -0.743 e. The second kappa shape index (κ2) is 5.99. The van der Waals surface area contributed by atoms with Crippen LogP contribution in [0.1, 0.15) is 32.1 Å². The van der Waals surface area contributed by atoms with E-state index in [4.69, 9.17) is 0 Å². The predicted octanol–water partition coefficient (Wildman–Crippen LogP) is 3.54. The van der Waals surface area contributed by atoms with Crippen LogP contribution in [-0.2, 0) is 14.9 Å². The van der Waals surface area contributed by atoms with Crippen LogP contribution in [0.4, 0.5) is 35.1 Å². The Hall–Kier alpha value is -0.690. The van der Waals surface area contributed by atoms with Gasteiger partial charge in [-0.15, -0.1) is 0 Å². The summed E-state index contributed by atoms with van der Waals surface area (Å²) >= 11 is 0. The van der Waals surface area contributed by atoms with E-state index in [0.29, 0.717) is 6.42 Å². The summed E-state index contributed by atoms with van der Waals surface area (Å²) in [4.78, 5) is 0. The Morgan fingerprint density at radius 1 is 0.826 bits per heavy atom. The lowest BCUT2D eigenvalue weighted by molar-refractivity contribution is -0.463. The van der Waals surface area contributed by atoms with E-state index in [1.165, 1.54) is 0 Å². The molecule has 0 aromatic heterocycles. The third-order valence-electron chi connectivity index (χ3n) is 3.42. The maximum atomic E-state index is 13.6. The van der Waals surface area contributed by atoms with Gasteiger partial charge in [-0.2, -0.15) is 35.1 Å². The highest BCUT2D eigenvalue weighted by Gasteiger charge is 2.72. The quantitative estimate of drug-likeness (QED) is 0.523. The highest BCUT2D eigenvalue weighted by atomic mass is 32.2. The van der Waals surface area contributed by atoms with Crippen molar-refractivity contribution in [1.29, 1.82) is 0 Å². The Morgan fingerprint density at radius 2 is 1.26 bits per heavy atom. The average molecular weight is 379 g/mol. The zero-order chi connectivity index (χ0) is 18.3. The summed E-state index contributed by atoms with van der Waals surface area (Å²) in [5.41, 5.74) is 0. The molecule has 0 saturated heterocycles. The summed E-state index contributed by atoms with van der Waals surface area (Å²) in [6, 6.07) is 0. The van der Waals surface area contributed by atoms with Crippen molar-refractivity contribution in [2.45, 2.75) is 55.5 Å². The first-order chi connectivity index (χ1) is 10.1. The minimum absolute atomic E-state index is 0.0951. The van der Waals surface area contributed by atoms with Gasteiger partial charge in [-0.3, -0.25) is 0 Å². The molecule has 138 valence electrons. The average Bonchev–Trinajstić information content (AvgIpc) is 2.36. The number of hydrogen-bond acceptors (Lipinski definition) is 4. The highest BCUT2D eigenvalue weighted by Crippen LogP contribution is 2.51. The molecule has 0 aliphatic heterocycles. The van der Waals surface area contributed by atoms with Gasteiger partial charge in [0.1, 0.15) is 0 Å². The van der Waals surface area contributed by atoms with Gasteiger partial charge in [0.2, 0.25) is 0 Å². The van der Waals surface area contributed by atoms with Crippen LogP contribution in [0.2, 0.25) is 0 Å². The van der Waals surface area contributed by atoms with E-state index in [9.17, 15) is 48.1 Å². The van der Waals surface area contributed by atoms with Gasteiger partial charge in [0.25, 0.3) is 0 Å². The first kappa shape index (κ1) is 20.4. The zero-order valence-electron chi connectivity index (χ0n) is 11.2. The standard InChI is InChI=1S/C10H12F8O4S/c11-7(12,6-4-2-1-3-5-6)8(13,14)22-9(15,16)10(17,18)23(19,20)21/h6H,1-5H2,(H,19,20,21)/p-1. The van der Waals surface area contributed by atoms with Crippen LogP contribution in [-0.4, -0.2) is 36.4 Å². The largest absolute Gasteiger partial charge is 0.743 e. The molecule has 0 atom stereocenters. The van der Waals surface area contributed by atoms with Crippen molar-refractivity contribution in [2.24, 2.45) is 5.92 Å². The number of alkyl halides is 8. The molecule has 0 N–H and O–H groups in total. The number of halogens is 8. The highest BCUT2D eigenvalue weighted by molar-refractivity contribution is 7.86. The third kappa shape index (κ3) is 3.71. The van der Waals surface area contributed by atoms with Crippen molar-refractivity contribution in [3.05, 3.63) is 0 Å². The second-order valence-electron chi connectivity index (χ2n) is 5.06. The van der Waals surface area contributed by atoms with Crippen LogP contribution < -0.4 is 0 Å². The van der Waals surface area contributed by atoms with Crippen molar-refractivity contribution < 1.29 is 52.8 Å². The number of rotatable bonds is 6. The minimum atomic E-state index is -7.14. The summed E-state index contributed by atoms with van der Waals surface area (Å²) in [5, 5.41) is -6.65. The molecular weight excluding hydrogens is 368 g/mol. The topological polar surface area (TPSA) is 66.4 Å². The monoisotopic (exact) mass is 379 g/mol. The Labute approximate surface area is 125 Å². The lowest BCUT2D eigenvalue weighted by Crippen LogP contribution is -2.57. The Balaban J connectivity index is 3.08. The van der Waals surface area contributed by atoms with E-state index >= 15 is 0 Å². The molecule has 0 aromatic carbocycles. The first-order valence-electron chi connectivity index (χ1n) is 6.23. The van der Waals surface area contributed by atoms with Gasteiger partial charge in [-0.05, 0) is 12.8 Å². The maximum Gasteiger partial charge on any atom is 0.438 e. The van der Waals surface area contributed by atoms with Gasteiger partial charge in [-0.1, -0.05) is 19.3 Å². The molecule has 0 spiro atoms. The molecule has 0 bridgehead atoms. The van der Waals surface area contributed by atoms with Crippen LogP contribution in [0.25, 0.3) is 0 Å². The normalized spacial score (nSPS) is 19.9. The maximum absolute atomic E-state index is 13.6. The number of hydrogen-bond donors (Lipinski definition) is 0. The molecule has 4 nitrogen and oxygen atoms in total. The molecule has 1 saturated carbocycles. The van der Waals surface area contributed by atoms with Crippen molar-refractivity contribution in [1.82, 2.24) is 0 Å². The van der Waals surface area contributed by atoms with Crippen LogP contribution in [0, 0.1) is 5.92 Å². The van der Waals surface area contributed by atoms with Gasteiger partial charge in [0.05, 0.1) is 0 Å². The SMILES string of the molecule is O=S(=O)([O-])C(F)(F)C(F)(F)OC(F)(F)C(F)(F)C1CCCCC1. The van der Waals surface area contributed by atoms with Crippen molar-refractivity contribution in [3.8, 4) is 0 Å². The summed E-state index contributed by atoms with van der Waals surface area (Å²) in [5.74, 6) is -7.36. The first-order valence-corrected chi connectivity index (χ1v) is 7.64. The summed E-state index contributed by atoms with van der Waals surface area (Å²) < 4.78 is 137. The van der Waals surface area contributed by atoms with Crippen molar-refractivity contribution in [3.63, 3.8) is 0 Å². The smallest absolute Gasteiger partial charge is 0.438 e. The molecule has 0 heterocycles. The van der Waals surface area contributed by atoms with E-state index in [1.54, 1.807) is 0 Å². The number of ether oxygens (including phenoxy) is 1. The molecule has 0 aromatic rings. The van der Waals surface area contributed by atoms with Gasteiger partial charge < -0.3 is 4.55 Å². The van der Waals surface area contributed by atoms with E-state index in [0.717, 1.165) is 0 Å². The Kier molecular flexibility index (Phi) is 5.30. The molecule has 23 heavy (non-hydrogen) atoms. The Bertz CT molecular complexity index is 527. The second-order valence-corrected chi connectivity index (χ2v) is 6.49. The van der Waals surface area contributed by atoms with Gasteiger partial charge in [0, 0.05) is 5.92 Å². The molecule has 1 aliphatic carbocycles. The molecule has 1 rings (SSSR count). The van der Waals surface area contributed by atoms with E-state index < -0.39 is 52.3 Å². The van der Waals surface area contributed by atoms with Crippen molar-refractivity contribution >= 4 is 10.1 Å². The van der Waals surface area contributed by atoms with Crippen LogP contribution >= 0.6 is 0 Å². The van der Waals surface area contributed by atoms with Crippen molar-refractivity contribution in [2.75, 3.05) is 0 Å².